The smallest absolute Gasteiger partial charge is 0.192 e. The van der Waals surface area contributed by atoms with Gasteiger partial charge < -0.3 is 9.15 Å². The minimum Gasteiger partial charge on any atom is -0.486 e. The fraction of sp³-hybridized carbons (Fsp3) is 0.125. The van der Waals surface area contributed by atoms with Crippen molar-refractivity contribution in [2.45, 2.75) is 13.5 Å². The molecule has 98 valence electrons. The van der Waals surface area contributed by atoms with Crippen molar-refractivity contribution < 1.29 is 9.15 Å². The van der Waals surface area contributed by atoms with Gasteiger partial charge in [-0.25, -0.2) is 4.98 Å². The lowest BCUT2D eigenvalue weighted by Gasteiger charge is -2.06. The summed E-state index contributed by atoms with van der Waals surface area (Å²) < 4.78 is 11.3. The molecular weight excluding hydrogens is 252 g/mol. The lowest BCUT2D eigenvalue weighted by atomic mass is 10.2. The predicted molar refractivity (Wildman–Crippen MR) is 74.2 cm³/mol. The molecule has 0 spiro atoms. The highest BCUT2D eigenvalue weighted by atomic mass is 16.5. The summed E-state index contributed by atoms with van der Waals surface area (Å²) in [5, 5.41) is 9.07. The topological polar surface area (TPSA) is 59.0 Å². The number of hydrogen-bond acceptors (Lipinski definition) is 4. The first-order valence-corrected chi connectivity index (χ1v) is 6.25. The van der Waals surface area contributed by atoms with Crippen molar-refractivity contribution in [2.24, 2.45) is 0 Å². The van der Waals surface area contributed by atoms with Gasteiger partial charge >= 0.3 is 0 Å². The Morgan fingerprint density at radius 1 is 1.20 bits per heavy atom. The van der Waals surface area contributed by atoms with E-state index in [9.17, 15) is 0 Å². The van der Waals surface area contributed by atoms with Gasteiger partial charge in [-0.1, -0.05) is 30.3 Å². The Balaban J connectivity index is 1.94. The van der Waals surface area contributed by atoms with Crippen LogP contribution in [-0.4, -0.2) is 4.98 Å². The van der Waals surface area contributed by atoms with E-state index >= 15 is 0 Å². The number of hydrogen-bond donors (Lipinski definition) is 0. The third-order valence-electron chi connectivity index (χ3n) is 2.97. The molecule has 4 heteroatoms. The summed E-state index contributed by atoms with van der Waals surface area (Å²) in [6.07, 6.45) is 0. The molecule has 0 bridgehead atoms. The van der Waals surface area contributed by atoms with Crippen LogP contribution in [0, 0.1) is 18.3 Å². The average molecular weight is 264 g/mol. The van der Waals surface area contributed by atoms with E-state index in [0.29, 0.717) is 34.9 Å². The van der Waals surface area contributed by atoms with Gasteiger partial charge in [0.1, 0.15) is 18.4 Å². The van der Waals surface area contributed by atoms with Gasteiger partial charge in [-0.3, -0.25) is 0 Å². The SMILES string of the molecule is Cc1nc2c(OCc3ccccc3)ccc(C#N)c2o1. The van der Waals surface area contributed by atoms with Crippen LogP contribution in [0.15, 0.2) is 46.9 Å². The highest BCUT2D eigenvalue weighted by Gasteiger charge is 2.13. The average Bonchev–Trinajstić information content (AvgIpc) is 2.87. The number of fused-ring (bicyclic) bond motifs is 1. The van der Waals surface area contributed by atoms with Gasteiger partial charge in [0.15, 0.2) is 17.0 Å². The summed E-state index contributed by atoms with van der Waals surface area (Å²) in [6.45, 7) is 2.20. The highest BCUT2D eigenvalue weighted by molar-refractivity contribution is 5.84. The minimum atomic E-state index is 0.452. The Hall–Kier alpha value is -2.80. The molecule has 0 aliphatic rings. The molecule has 0 atom stereocenters. The second-order valence-electron chi connectivity index (χ2n) is 4.41. The molecular formula is C16H12N2O2. The summed E-state index contributed by atoms with van der Waals surface area (Å²) in [5.74, 6) is 1.15. The van der Waals surface area contributed by atoms with Gasteiger partial charge in [0.25, 0.3) is 0 Å². The number of ether oxygens (including phenoxy) is 1. The summed E-state index contributed by atoms with van der Waals surface area (Å²) in [4.78, 5) is 4.29. The lowest BCUT2D eigenvalue weighted by molar-refractivity contribution is 0.309. The maximum absolute atomic E-state index is 9.07. The zero-order valence-corrected chi connectivity index (χ0v) is 11.0. The molecule has 4 nitrogen and oxygen atoms in total. The Labute approximate surface area is 116 Å². The molecule has 20 heavy (non-hydrogen) atoms. The molecule has 0 fully saturated rings. The van der Waals surface area contributed by atoms with Crippen LogP contribution in [0.1, 0.15) is 17.0 Å². The van der Waals surface area contributed by atoms with Crippen LogP contribution in [0.5, 0.6) is 5.75 Å². The van der Waals surface area contributed by atoms with Crippen molar-refractivity contribution in [3.05, 3.63) is 59.5 Å². The van der Waals surface area contributed by atoms with Crippen LogP contribution >= 0.6 is 0 Å². The molecule has 0 saturated carbocycles. The number of oxazole rings is 1. The summed E-state index contributed by atoms with van der Waals surface area (Å²) in [7, 11) is 0. The van der Waals surface area contributed by atoms with Crippen molar-refractivity contribution in [1.29, 1.82) is 5.26 Å². The molecule has 3 rings (SSSR count). The van der Waals surface area contributed by atoms with Crippen molar-refractivity contribution in [1.82, 2.24) is 4.98 Å². The van der Waals surface area contributed by atoms with Crippen LogP contribution in [0.4, 0.5) is 0 Å². The normalized spacial score (nSPS) is 10.4. The molecule has 0 N–H and O–H groups in total. The third kappa shape index (κ3) is 2.21. The van der Waals surface area contributed by atoms with Gasteiger partial charge in [0.2, 0.25) is 0 Å². The van der Waals surface area contributed by atoms with Gasteiger partial charge in [-0.15, -0.1) is 0 Å². The molecule has 3 aromatic rings. The number of benzene rings is 2. The maximum atomic E-state index is 9.07. The second kappa shape index (κ2) is 5.06. The summed E-state index contributed by atoms with van der Waals surface area (Å²) in [6, 6.07) is 15.4. The Kier molecular flexibility index (Phi) is 3.10. The second-order valence-corrected chi connectivity index (χ2v) is 4.41. The van der Waals surface area contributed by atoms with Crippen molar-refractivity contribution >= 4 is 11.1 Å². The highest BCUT2D eigenvalue weighted by Crippen LogP contribution is 2.29. The first-order chi connectivity index (χ1) is 9.78. The molecule has 0 aliphatic heterocycles. The quantitative estimate of drug-likeness (QED) is 0.725. The van der Waals surface area contributed by atoms with Gasteiger partial charge in [0.05, 0.1) is 5.56 Å². The first-order valence-electron chi connectivity index (χ1n) is 6.25. The van der Waals surface area contributed by atoms with Crippen LogP contribution in [-0.2, 0) is 6.61 Å². The van der Waals surface area contributed by atoms with E-state index in [4.69, 9.17) is 14.4 Å². The number of nitrogens with zero attached hydrogens (tertiary/aromatic N) is 2. The summed E-state index contributed by atoms with van der Waals surface area (Å²) >= 11 is 0. The fourth-order valence-corrected chi connectivity index (χ4v) is 2.03. The van der Waals surface area contributed by atoms with E-state index in [1.54, 1.807) is 19.1 Å². The van der Waals surface area contributed by atoms with Crippen molar-refractivity contribution in [3.63, 3.8) is 0 Å². The summed E-state index contributed by atoms with van der Waals surface area (Å²) in [5.41, 5.74) is 2.62. The van der Waals surface area contributed by atoms with E-state index in [0.717, 1.165) is 5.56 Å². The standard InChI is InChI=1S/C16H12N2O2/c1-11-18-15-14(8-7-13(9-17)16(15)20-11)19-10-12-5-3-2-4-6-12/h2-8H,10H2,1H3. The third-order valence-corrected chi connectivity index (χ3v) is 2.97. The largest absolute Gasteiger partial charge is 0.486 e. The minimum absolute atomic E-state index is 0.452. The molecule has 1 heterocycles. The van der Waals surface area contributed by atoms with E-state index in [1.807, 2.05) is 30.3 Å². The van der Waals surface area contributed by atoms with Gasteiger partial charge in [-0.05, 0) is 17.7 Å². The molecule has 0 unspecified atom stereocenters. The predicted octanol–water partition coefficient (Wildman–Crippen LogP) is 3.59. The van der Waals surface area contributed by atoms with E-state index in [2.05, 4.69) is 11.1 Å². The monoisotopic (exact) mass is 264 g/mol. The first kappa shape index (κ1) is 12.2. The Morgan fingerprint density at radius 3 is 2.75 bits per heavy atom. The van der Waals surface area contributed by atoms with Crippen molar-refractivity contribution in [2.75, 3.05) is 0 Å². The fourth-order valence-electron chi connectivity index (χ4n) is 2.03. The number of aromatic nitrogens is 1. The number of rotatable bonds is 3. The maximum Gasteiger partial charge on any atom is 0.192 e. The van der Waals surface area contributed by atoms with E-state index < -0.39 is 0 Å². The molecule has 0 radical (unpaired) electrons. The Morgan fingerprint density at radius 2 is 2.00 bits per heavy atom. The van der Waals surface area contributed by atoms with E-state index in [-0.39, 0.29) is 0 Å². The van der Waals surface area contributed by atoms with Gasteiger partial charge in [0, 0.05) is 6.92 Å². The van der Waals surface area contributed by atoms with Crippen LogP contribution in [0.2, 0.25) is 0 Å². The zero-order valence-electron chi connectivity index (χ0n) is 11.0. The van der Waals surface area contributed by atoms with Crippen LogP contribution in [0.3, 0.4) is 0 Å². The lowest BCUT2D eigenvalue weighted by Crippen LogP contribution is -1.96. The molecule has 0 saturated heterocycles. The van der Waals surface area contributed by atoms with Crippen LogP contribution in [0.25, 0.3) is 11.1 Å². The van der Waals surface area contributed by atoms with Gasteiger partial charge in [-0.2, -0.15) is 5.26 Å². The van der Waals surface area contributed by atoms with E-state index in [1.165, 1.54) is 0 Å². The number of nitriles is 1. The number of aryl methyl sites for hydroxylation is 1. The van der Waals surface area contributed by atoms with Crippen molar-refractivity contribution in [3.8, 4) is 11.8 Å². The Bertz CT molecular complexity index is 785. The zero-order chi connectivity index (χ0) is 13.9. The molecule has 1 aromatic heterocycles. The molecule has 0 aliphatic carbocycles. The molecule has 2 aromatic carbocycles. The van der Waals surface area contributed by atoms with Crippen LogP contribution < -0.4 is 4.74 Å². The molecule has 0 amide bonds.